The molecule has 2 amide bonds. The minimum absolute atomic E-state index is 0.0290. The summed E-state index contributed by atoms with van der Waals surface area (Å²) in [5.74, 6) is -0.207. The van der Waals surface area contributed by atoms with Crippen LogP contribution in [0.4, 0.5) is 16.2 Å². The number of hydrogen-bond acceptors (Lipinski definition) is 4. The van der Waals surface area contributed by atoms with Crippen molar-refractivity contribution in [3.8, 4) is 16.9 Å². The first-order chi connectivity index (χ1) is 9.90. The maximum Gasteiger partial charge on any atom is 0.316 e. The lowest BCUT2D eigenvalue weighted by Crippen LogP contribution is -2.20. The van der Waals surface area contributed by atoms with Gasteiger partial charge in [0.1, 0.15) is 5.75 Å². The Balaban J connectivity index is 2.77. The second-order valence-corrected chi connectivity index (χ2v) is 4.54. The quantitative estimate of drug-likeness (QED) is 0.596. The number of nitrogens with one attached hydrogen (secondary N) is 1. The molecule has 2 rings (SSSR count). The fourth-order valence-corrected chi connectivity index (χ4v) is 2.09. The lowest BCUT2D eigenvalue weighted by Gasteiger charge is -2.12. The average molecular weight is 308 g/mol. The maximum absolute atomic E-state index is 11.2. The van der Waals surface area contributed by atoms with Gasteiger partial charge in [0.25, 0.3) is 5.69 Å². The number of nitrogens with two attached hydrogens (primary N) is 1. The molecule has 0 spiro atoms. The molecule has 2 aromatic rings. The number of phenolic OH excluding ortho intramolecular Hbond substituents is 1. The first-order valence-corrected chi connectivity index (χ1v) is 6.10. The number of nitro groups is 1. The number of primary amides is 1. The normalized spacial score (nSPS) is 10.1. The van der Waals surface area contributed by atoms with Crippen molar-refractivity contribution < 1.29 is 14.8 Å². The molecule has 4 N–H and O–H groups in total. The van der Waals surface area contributed by atoms with Gasteiger partial charge in [-0.2, -0.15) is 0 Å². The van der Waals surface area contributed by atoms with E-state index in [-0.39, 0.29) is 33.3 Å². The third-order valence-corrected chi connectivity index (χ3v) is 2.96. The fraction of sp³-hybridized carbons (Fsp3) is 0. The molecule has 0 unspecified atom stereocenters. The smallest absolute Gasteiger partial charge is 0.316 e. The molecule has 0 aliphatic heterocycles. The zero-order chi connectivity index (χ0) is 15.6. The molecule has 0 aliphatic rings. The van der Waals surface area contributed by atoms with Gasteiger partial charge in [0.05, 0.1) is 16.2 Å². The number of carbonyl (C=O) groups is 1. The molecule has 7 nitrogen and oxygen atoms in total. The van der Waals surface area contributed by atoms with E-state index in [1.807, 2.05) is 0 Å². The number of aromatic hydroxyl groups is 1. The Morgan fingerprint density at radius 2 is 2.05 bits per heavy atom. The maximum atomic E-state index is 11.2. The van der Waals surface area contributed by atoms with E-state index in [1.54, 1.807) is 0 Å². The Morgan fingerprint density at radius 1 is 1.33 bits per heavy atom. The number of benzene rings is 2. The summed E-state index contributed by atoms with van der Waals surface area (Å²) < 4.78 is 0. The van der Waals surface area contributed by atoms with Crippen LogP contribution in [0, 0.1) is 10.1 Å². The predicted octanol–water partition coefficient (Wildman–Crippen LogP) is 3.11. The van der Waals surface area contributed by atoms with Crippen molar-refractivity contribution >= 4 is 29.0 Å². The minimum atomic E-state index is -0.877. The number of anilines is 1. The lowest BCUT2D eigenvalue weighted by molar-refractivity contribution is -0.384. The Labute approximate surface area is 124 Å². The van der Waals surface area contributed by atoms with Gasteiger partial charge in [0.15, 0.2) is 0 Å². The summed E-state index contributed by atoms with van der Waals surface area (Å²) >= 11 is 5.86. The fourth-order valence-electron chi connectivity index (χ4n) is 1.92. The second-order valence-electron chi connectivity index (χ2n) is 4.11. The highest BCUT2D eigenvalue weighted by Crippen LogP contribution is 2.41. The van der Waals surface area contributed by atoms with Crippen LogP contribution in [0.2, 0.25) is 5.02 Å². The van der Waals surface area contributed by atoms with Crippen LogP contribution in [0.15, 0.2) is 36.4 Å². The Bertz CT molecular complexity index is 733. The van der Waals surface area contributed by atoms with Gasteiger partial charge in [0, 0.05) is 16.7 Å². The van der Waals surface area contributed by atoms with Crippen LogP contribution < -0.4 is 11.1 Å². The summed E-state index contributed by atoms with van der Waals surface area (Å²) in [7, 11) is 0. The molecule has 0 saturated carbocycles. The van der Waals surface area contributed by atoms with Crippen LogP contribution in [-0.4, -0.2) is 16.1 Å². The Hall–Kier alpha value is -2.80. The number of phenols is 1. The molecule has 0 fully saturated rings. The van der Waals surface area contributed by atoms with E-state index >= 15 is 0 Å². The molecular weight excluding hydrogens is 298 g/mol. The summed E-state index contributed by atoms with van der Waals surface area (Å²) in [4.78, 5) is 21.6. The molecule has 0 radical (unpaired) electrons. The number of rotatable bonds is 3. The Morgan fingerprint density at radius 3 is 2.67 bits per heavy atom. The number of nitro benzene ring substituents is 1. The molecule has 108 valence electrons. The molecular formula is C13H10ClN3O4. The van der Waals surface area contributed by atoms with E-state index in [9.17, 15) is 20.0 Å². The SMILES string of the molecule is NC(=O)Nc1cccc([N+](=O)[O-])c1-c1cc(Cl)ccc1O. The van der Waals surface area contributed by atoms with Crippen LogP contribution >= 0.6 is 11.6 Å². The van der Waals surface area contributed by atoms with Crippen molar-refractivity contribution in [1.82, 2.24) is 0 Å². The molecule has 2 aromatic carbocycles. The van der Waals surface area contributed by atoms with Gasteiger partial charge in [-0.3, -0.25) is 10.1 Å². The first kappa shape index (κ1) is 14.6. The zero-order valence-electron chi connectivity index (χ0n) is 10.5. The summed E-state index contributed by atoms with van der Waals surface area (Å²) in [6.45, 7) is 0. The third-order valence-electron chi connectivity index (χ3n) is 2.72. The van der Waals surface area contributed by atoms with Crippen molar-refractivity contribution in [2.75, 3.05) is 5.32 Å². The van der Waals surface area contributed by atoms with Gasteiger partial charge >= 0.3 is 6.03 Å². The second kappa shape index (κ2) is 5.68. The molecule has 0 atom stereocenters. The van der Waals surface area contributed by atoms with Crippen molar-refractivity contribution in [2.45, 2.75) is 0 Å². The van der Waals surface area contributed by atoms with E-state index in [0.29, 0.717) is 0 Å². The Kier molecular flexibility index (Phi) is 3.95. The van der Waals surface area contributed by atoms with Crippen molar-refractivity contribution in [1.29, 1.82) is 0 Å². The number of hydrogen-bond donors (Lipinski definition) is 3. The number of amides is 2. The monoisotopic (exact) mass is 307 g/mol. The highest BCUT2D eigenvalue weighted by Gasteiger charge is 2.22. The van der Waals surface area contributed by atoms with Gasteiger partial charge in [-0.05, 0) is 24.3 Å². The molecule has 0 bridgehead atoms. The van der Waals surface area contributed by atoms with Crippen LogP contribution in [0.3, 0.4) is 0 Å². The van der Waals surface area contributed by atoms with Crippen molar-refractivity contribution in [3.63, 3.8) is 0 Å². The zero-order valence-corrected chi connectivity index (χ0v) is 11.3. The summed E-state index contributed by atoms with van der Waals surface area (Å²) in [5, 5.41) is 23.7. The van der Waals surface area contributed by atoms with E-state index in [2.05, 4.69) is 5.32 Å². The van der Waals surface area contributed by atoms with Gasteiger partial charge in [0.2, 0.25) is 0 Å². The van der Waals surface area contributed by atoms with Gasteiger partial charge in [-0.15, -0.1) is 0 Å². The molecule has 0 heterocycles. The standard InChI is InChI=1S/C13H10ClN3O4/c14-7-4-5-11(18)8(6-7)12-9(16-13(15)19)2-1-3-10(12)17(20)21/h1-6,18H,(H3,15,16,19). The van der Waals surface area contributed by atoms with E-state index in [0.717, 1.165) is 0 Å². The predicted molar refractivity (Wildman–Crippen MR) is 78.4 cm³/mol. The number of nitrogens with zero attached hydrogens (tertiary/aromatic N) is 1. The molecule has 0 saturated heterocycles. The topological polar surface area (TPSA) is 118 Å². The van der Waals surface area contributed by atoms with E-state index in [4.69, 9.17) is 17.3 Å². The minimum Gasteiger partial charge on any atom is -0.507 e. The largest absolute Gasteiger partial charge is 0.507 e. The van der Waals surface area contributed by atoms with E-state index < -0.39 is 11.0 Å². The summed E-state index contributed by atoms with van der Waals surface area (Å²) in [6.07, 6.45) is 0. The first-order valence-electron chi connectivity index (χ1n) is 5.73. The van der Waals surface area contributed by atoms with Crippen molar-refractivity contribution in [3.05, 3.63) is 51.5 Å². The highest BCUT2D eigenvalue weighted by atomic mass is 35.5. The lowest BCUT2D eigenvalue weighted by atomic mass is 10.0. The number of halogens is 1. The van der Waals surface area contributed by atoms with Crippen LogP contribution in [0.25, 0.3) is 11.1 Å². The molecule has 0 aliphatic carbocycles. The summed E-state index contributed by atoms with van der Waals surface area (Å²) in [6, 6.07) is 7.33. The van der Waals surface area contributed by atoms with Crippen LogP contribution in [-0.2, 0) is 0 Å². The molecule has 0 aromatic heterocycles. The van der Waals surface area contributed by atoms with Crippen molar-refractivity contribution in [2.24, 2.45) is 5.73 Å². The summed E-state index contributed by atoms with van der Waals surface area (Å²) in [5.41, 5.74) is 5.02. The van der Waals surface area contributed by atoms with Gasteiger partial charge in [-0.1, -0.05) is 17.7 Å². The number of urea groups is 1. The third kappa shape index (κ3) is 3.03. The number of carbonyl (C=O) groups excluding carboxylic acids is 1. The van der Waals surface area contributed by atoms with Gasteiger partial charge < -0.3 is 16.2 Å². The van der Waals surface area contributed by atoms with Crippen LogP contribution in [0.5, 0.6) is 5.75 Å². The molecule has 8 heteroatoms. The molecule has 21 heavy (non-hydrogen) atoms. The van der Waals surface area contributed by atoms with E-state index in [1.165, 1.54) is 36.4 Å². The average Bonchev–Trinajstić information content (AvgIpc) is 2.41. The highest BCUT2D eigenvalue weighted by molar-refractivity contribution is 6.31. The van der Waals surface area contributed by atoms with Gasteiger partial charge in [-0.25, -0.2) is 4.79 Å². The van der Waals surface area contributed by atoms with Crippen LogP contribution in [0.1, 0.15) is 0 Å².